The molecule has 1 aromatic heterocycles. The zero-order chi connectivity index (χ0) is 31.0. The first-order chi connectivity index (χ1) is 20.4. The van der Waals surface area contributed by atoms with E-state index in [1.54, 1.807) is 19.0 Å². The summed E-state index contributed by atoms with van der Waals surface area (Å²) in [5.74, 6) is -7.14. The van der Waals surface area contributed by atoms with Crippen LogP contribution in [0, 0.1) is 17.7 Å². The van der Waals surface area contributed by atoms with Gasteiger partial charge in [-0.2, -0.15) is 0 Å². The van der Waals surface area contributed by atoms with Gasteiger partial charge in [0.15, 0.2) is 11.4 Å². The Kier molecular flexibility index (Phi) is 6.66. The highest BCUT2D eigenvalue weighted by atomic mass is 19.1. The van der Waals surface area contributed by atoms with E-state index in [-0.39, 0.29) is 53.4 Å². The van der Waals surface area contributed by atoms with Crippen molar-refractivity contribution in [3.05, 3.63) is 81.4 Å². The number of aromatic nitrogens is 1. The quantitative estimate of drug-likeness (QED) is 0.377. The van der Waals surface area contributed by atoms with Crippen LogP contribution < -0.4 is 4.74 Å². The Morgan fingerprint density at radius 3 is 2.47 bits per heavy atom. The number of hydrogen-bond donors (Lipinski definition) is 3. The van der Waals surface area contributed by atoms with Gasteiger partial charge < -0.3 is 29.5 Å². The molecule has 3 aromatic rings. The van der Waals surface area contributed by atoms with Crippen molar-refractivity contribution in [2.45, 2.75) is 31.1 Å². The molecule has 0 saturated heterocycles. The molecule has 4 atom stereocenters. The minimum Gasteiger partial charge on any atom is -0.507 e. The highest BCUT2D eigenvalue weighted by Crippen LogP contribution is 2.56. The summed E-state index contributed by atoms with van der Waals surface area (Å²) < 4.78 is 26.5. The predicted octanol–water partition coefficient (Wildman–Crippen LogP) is 3.06. The predicted molar refractivity (Wildman–Crippen MR) is 149 cm³/mol. The molecule has 3 aliphatic rings. The molecule has 3 aliphatic carbocycles. The van der Waals surface area contributed by atoms with Crippen molar-refractivity contribution in [1.29, 1.82) is 0 Å². The number of aliphatic hydroxyl groups is 2. The lowest BCUT2D eigenvalue weighted by molar-refractivity contribution is -0.142. The number of phenolic OH excluding ortho intramolecular Hbond substituents is 1. The molecule has 1 saturated carbocycles. The highest BCUT2D eigenvalue weighted by Gasteiger charge is 2.65. The maximum absolute atomic E-state index is 15.1. The Balaban J connectivity index is 1.46. The third-order valence-corrected chi connectivity index (χ3v) is 8.67. The van der Waals surface area contributed by atoms with Gasteiger partial charge in [0.05, 0.1) is 11.6 Å². The number of benzene rings is 2. The number of carbonyl (C=O) groups is 3. The molecule has 0 aliphatic heterocycles. The number of ether oxygens (including phenoxy) is 1. The van der Waals surface area contributed by atoms with Gasteiger partial charge >= 0.3 is 0 Å². The van der Waals surface area contributed by atoms with Crippen molar-refractivity contribution in [3.63, 3.8) is 0 Å². The number of carbonyl (C=O) groups excluding carboxylic acids is 3. The first kappa shape index (κ1) is 28.6. The Hall–Kier alpha value is -4.55. The monoisotopic (exact) mass is 591 g/mol. The molecule has 0 bridgehead atoms. The van der Waals surface area contributed by atoms with E-state index in [1.165, 1.54) is 14.1 Å². The summed E-state index contributed by atoms with van der Waals surface area (Å²) in [6.07, 6.45) is 0.0494. The van der Waals surface area contributed by atoms with Gasteiger partial charge in [-0.25, -0.2) is 4.39 Å². The first-order valence-electron chi connectivity index (χ1n) is 13.7. The van der Waals surface area contributed by atoms with Crippen molar-refractivity contribution >= 4 is 23.2 Å². The summed E-state index contributed by atoms with van der Waals surface area (Å²) in [6, 6.07) is 9.41. The zero-order valence-corrected chi connectivity index (χ0v) is 23.9. The molecule has 2 aromatic carbocycles. The van der Waals surface area contributed by atoms with Crippen molar-refractivity contribution in [2.75, 3.05) is 28.2 Å². The van der Waals surface area contributed by atoms with Gasteiger partial charge in [0, 0.05) is 25.6 Å². The Morgan fingerprint density at radius 1 is 1.12 bits per heavy atom. The average molecular weight is 592 g/mol. The van der Waals surface area contributed by atoms with Crippen LogP contribution in [0.15, 0.2) is 46.5 Å². The summed E-state index contributed by atoms with van der Waals surface area (Å²) >= 11 is 0. The van der Waals surface area contributed by atoms with Gasteiger partial charge in [-0.1, -0.05) is 30.3 Å². The van der Waals surface area contributed by atoms with Gasteiger partial charge in [-0.05, 0) is 55.2 Å². The van der Waals surface area contributed by atoms with Crippen LogP contribution in [-0.2, 0) is 17.8 Å². The van der Waals surface area contributed by atoms with Crippen LogP contribution in [0.5, 0.6) is 11.6 Å². The SMILES string of the molecule is CN(C)C(=O)c1c(F)cc2c(c1O)C(O)=C1C(=O)[C@]3(O)C(=O)c4c(OCc5ccccc5)noc4[C@@H](N(C)C)[C@@H]3C[C@@H]1C2. The third kappa shape index (κ3) is 4.08. The van der Waals surface area contributed by atoms with Crippen LogP contribution in [0.3, 0.4) is 0 Å². The van der Waals surface area contributed by atoms with E-state index in [9.17, 15) is 29.7 Å². The van der Waals surface area contributed by atoms with E-state index >= 15 is 4.39 Å². The normalized spacial score (nSPS) is 24.3. The number of hydrogen-bond acceptors (Lipinski definition) is 10. The summed E-state index contributed by atoms with van der Waals surface area (Å²) in [4.78, 5) is 43.7. The number of Topliss-reactive ketones (excluding diaryl/α,β-unsaturated/α-hetero) is 2. The van der Waals surface area contributed by atoms with Crippen LogP contribution >= 0.6 is 0 Å². The molecule has 0 radical (unpaired) electrons. The van der Waals surface area contributed by atoms with E-state index in [1.807, 2.05) is 30.3 Å². The number of fused-ring (bicyclic) bond motifs is 4. The van der Waals surface area contributed by atoms with Gasteiger partial charge in [-0.3, -0.25) is 19.3 Å². The number of aromatic hydroxyl groups is 1. The topological polar surface area (TPSA) is 154 Å². The Morgan fingerprint density at radius 2 is 1.81 bits per heavy atom. The molecule has 224 valence electrons. The lowest BCUT2D eigenvalue weighted by Crippen LogP contribution is -2.63. The number of halogens is 1. The van der Waals surface area contributed by atoms with Crippen molar-refractivity contribution in [1.82, 2.24) is 15.0 Å². The van der Waals surface area contributed by atoms with Crippen molar-refractivity contribution in [3.8, 4) is 11.6 Å². The smallest absolute Gasteiger partial charge is 0.265 e. The average Bonchev–Trinajstić information content (AvgIpc) is 3.37. The molecule has 0 unspecified atom stereocenters. The summed E-state index contributed by atoms with van der Waals surface area (Å²) in [5, 5.41) is 38.4. The van der Waals surface area contributed by atoms with Crippen LogP contribution in [0.4, 0.5) is 4.39 Å². The fourth-order valence-corrected chi connectivity index (χ4v) is 6.70. The highest BCUT2D eigenvalue weighted by molar-refractivity contribution is 6.26. The molecule has 43 heavy (non-hydrogen) atoms. The second-order valence-corrected chi connectivity index (χ2v) is 11.7. The maximum atomic E-state index is 15.1. The van der Waals surface area contributed by atoms with Crippen LogP contribution in [0.1, 0.15) is 55.6 Å². The van der Waals surface area contributed by atoms with Crippen LogP contribution in [0.2, 0.25) is 0 Å². The van der Waals surface area contributed by atoms with Gasteiger partial charge in [0.1, 0.15) is 35.1 Å². The minimum absolute atomic E-state index is 0.0109. The molecule has 3 N–H and O–H groups in total. The van der Waals surface area contributed by atoms with E-state index < -0.39 is 63.8 Å². The largest absolute Gasteiger partial charge is 0.507 e. The first-order valence-corrected chi connectivity index (χ1v) is 13.7. The lowest BCUT2D eigenvalue weighted by atomic mass is 9.57. The fourth-order valence-electron chi connectivity index (χ4n) is 6.70. The summed E-state index contributed by atoms with van der Waals surface area (Å²) in [7, 11) is 6.17. The van der Waals surface area contributed by atoms with E-state index in [0.29, 0.717) is 0 Å². The van der Waals surface area contributed by atoms with Crippen LogP contribution in [0.25, 0.3) is 5.76 Å². The number of rotatable bonds is 5. The molecular formula is C31H30FN3O8. The number of aliphatic hydroxyl groups excluding tert-OH is 1. The second kappa shape index (κ2) is 10.0. The number of amides is 1. The number of phenols is 1. The Labute approximate surface area is 245 Å². The molecule has 6 rings (SSSR count). The fraction of sp³-hybridized carbons (Fsp3) is 0.355. The van der Waals surface area contributed by atoms with E-state index in [4.69, 9.17) is 9.26 Å². The molecule has 12 heteroatoms. The molecule has 1 amide bonds. The van der Waals surface area contributed by atoms with E-state index in [2.05, 4.69) is 5.16 Å². The molecule has 1 heterocycles. The minimum atomic E-state index is -2.63. The van der Waals surface area contributed by atoms with Crippen LogP contribution in [-0.4, -0.2) is 81.5 Å². The maximum Gasteiger partial charge on any atom is 0.265 e. The van der Waals surface area contributed by atoms with Gasteiger partial charge in [0.25, 0.3) is 11.8 Å². The van der Waals surface area contributed by atoms with Crippen molar-refractivity contribution < 1.29 is 43.4 Å². The summed E-state index contributed by atoms with van der Waals surface area (Å²) in [6.45, 7) is 0.0458. The molecule has 0 spiro atoms. The third-order valence-electron chi connectivity index (χ3n) is 8.67. The molecule has 11 nitrogen and oxygen atoms in total. The lowest BCUT2D eigenvalue weighted by Gasteiger charge is -2.49. The molecule has 1 fully saturated rings. The van der Waals surface area contributed by atoms with Crippen molar-refractivity contribution in [2.24, 2.45) is 11.8 Å². The Bertz CT molecular complexity index is 1710. The molecular weight excluding hydrogens is 561 g/mol. The zero-order valence-electron chi connectivity index (χ0n) is 23.9. The van der Waals surface area contributed by atoms with E-state index in [0.717, 1.165) is 16.5 Å². The summed E-state index contributed by atoms with van der Waals surface area (Å²) in [5.41, 5.74) is -3.03. The second-order valence-electron chi connectivity index (χ2n) is 11.7. The number of nitrogens with zero attached hydrogens (tertiary/aromatic N) is 3. The number of ketones is 2. The van der Waals surface area contributed by atoms with Gasteiger partial charge in [-0.15, -0.1) is 0 Å². The van der Waals surface area contributed by atoms with Gasteiger partial charge in [0.2, 0.25) is 11.6 Å². The standard InChI is InChI=1S/C31H30FN3O8/c1-34(2)23-17-11-15-10-16-12-18(32)21(30(40)35(3)4)25(37)19(16)24(36)20(15)27(38)31(17,41)28(39)22-26(23)43-33-29(22)42-13-14-8-6-5-7-9-14/h5-9,12,15,17,23,36-37,41H,10-11,13H2,1-4H3/t15-,17-,23-,31-/m0/s1.